The molecule has 0 aliphatic heterocycles. The van der Waals surface area contributed by atoms with Gasteiger partial charge in [0, 0.05) is 13.1 Å². The second-order valence-electron chi connectivity index (χ2n) is 5.89. The first-order valence-corrected chi connectivity index (χ1v) is 7.29. The molecule has 0 heterocycles. The van der Waals surface area contributed by atoms with Crippen LogP contribution in [0.5, 0.6) is 0 Å². The molecule has 5 heteroatoms. The standard InChI is InChI=1S/C14H24N2O3/c1-16(11-6-3-2-4-7-11)12(17)10-15-14(13(18)19)8-5-9-14/h11,15H,2-10H2,1H3,(H,18,19). The van der Waals surface area contributed by atoms with Crippen LogP contribution in [0.4, 0.5) is 0 Å². The second kappa shape index (κ2) is 5.90. The van der Waals surface area contributed by atoms with Gasteiger partial charge in [0.25, 0.3) is 0 Å². The number of carboxylic acid groups (broad SMARTS) is 1. The van der Waals surface area contributed by atoms with E-state index < -0.39 is 11.5 Å². The van der Waals surface area contributed by atoms with Crippen LogP contribution in [-0.4, -0.2) is 47.1 Å². The highest BCUT2D eigenvalue weighted by atomic mass is 16.4. The summed E-state index contributed by atoms with van der Waals surface area (Å²) in [5, 5.41) is 12.2. The minimum Gasteiger partial charge on any atom is -0.480 e. The van der Waals surface area contributed by atoms with E-state index in [2.05, 4.69) is 5.32 Å². The van der Waals surface area contributed by atoms with Gasteiger partial charge in [-0.05, 0) is 32.1 Å². The van der Waals surface area contributed by atoms with Gasteiger partial charge in [0.1, 0.15) is 5.54 Å². The maximum absolute atomic E-state index is 12.1. The number of hydrogen-bond donors (Lipinski definition) is 2. The SMILES string of the molecule is CN(C(=O)CNC1(C(=O)O)CCC1)C1CCCCC1. The summed E-state index contributed by atoms with van der Waals surface area (Å²) in [6, 6.07) is 0.338. The highest BCUT2D eigenvalue weighted by Gasteiger charge is 2.44. The molecular weight excluding hydrogens is 244 g/mol. The van der Waals surface area contributed by atoms with Gasteiger partial charge in [0.15, 0.2) is 0 Å². The van der Waals surface area contributed by atoms with Gasteiger partial charge in [0.2, 0.25) is 5.91 Å². The van der Waals surface area contributed by atoms with Gasteiger partial charge in [-0.1, -0.05) is 19.3 Å². The van der Waals surface area contributed by atoms with E-state index in [9.17, 15) is 14.7 Å². The van der Waals surface area contributed by atoms with E-state index in [1.54, 1.807) is 4.90 Å². The third kappa shape index (κ3) is 3.08. The van der Waals surface area contributed by atoms with Crippen molar-refractivity contribution >= 4 is 11.9 Å². The quantitative estimate of drug-likeness (QED) is 0.790. The third-order valence-electron chi connectivity index (χ3n) is 4.71. The Kier molecular flexibility index (Phi) is 4.45. The second-order valence-corrected chi connectivity index (χ2v) is 5.89. The van der Waals surface area contributed by atoms with Crippen molar-refractivity contribution in [1.29, 1.82) is 0 Å². The van der Waals surface area contributed by atoms with E-state index in [0.29, 0.717) is 18.9 Å². The Hall–Kier alpha value is -1.10. The number of carbonyl (C=O) groups excluding carboxylic acids is 1. The van der Waals surface area contributed by atoms with Gasteiger partial charge >= 0.3 is 5.97 Å². The summed E-state index contributed by atoms with van der Waals surface area (Å²) in [6.07, 6.45) is 7.97. The summed E-state index contributed by atoms with van der Waals surface area (Å²) in [5.41, 5.74) is -0.844. The molecular formula is C14H24N2O3. The lowest BCUT2D eigenvalue weighted by Gasteiger charge is -2.39. The molecule has 0 aromatic carbocycles. The van der Waals surface area contributed by atoms with Crippen molar-refractivity contribution < 1.29 is 14.7 Å². The monoisotopic (exact) mass is 268 g/mol. The smallest absolute Gasteiger partial charge is 0.323 e. The van der Waals surface area contributed by atoms with Crippen molar-refractivity contribution in [1.82, 2.24) is 10.2 Å². The van der Waals surface area contributed by atoms with Gasteiger partial charge in [-0.25, -0.2) is 0 Å². The molecule has 2 fully saturated rings. The molecule has 0 unspecified atom stereocenters. The van der Waals surface area contributed by atoms with Crippen LogP contribution in [0.25, 0.3) is 0 Å². The molecule has 0 aromatic rings. The number of likely N-dealkylation sites (N-methyl/N-ethyl adjacent to an activating group) is 1. The van der Waals surface area contributed by atoms with Crippen molar-refractivity contribution in [2.24, 2.45) is 0 Å². The van der Waals surface area contributed by atoms with E-state index in [1.165, 1.54) is 19.3 Å². The van der Waals surface area contributed by atoms with Crippen LogP contribution in [0.1, 0.15) is 51.4 Å². The highest BCUT2D eigenvalue weighted by molar-refractivity contribution is 5.83. The molecule has 5 nitrogen and oxygen atoms in total. The van der Waals surface area contributed by atoms with Crippen LogP contribution < -0.4 is 5.32 Å². The van der Waals surface area contributed by atoms with E-state index in [-0.39, 0.29) is 12.5 Å². The van der Waals surface area contributed by atoms with Crippen molar-refractivity contribution in [2.75, 3.05) is 13.6 Å². The Balaban J connectivity index is 1.81. The van der Waals surface area contributed by atoms with Crippen LogP contribution >= 0.6 is 0 Å². The Morgan fingerprint density at radius 1 is 1.21 bits per heavy atom. The van der Waals surface area contributed by atoms with E-state index >= 15 is 0 Å². The van der Waals surface area contributed by atoms with Crippen LogP contribution in [-0.2, 0) is 9.59 Å². The summed E-state index contributed by atoms with van der Waals surface area (Å²) in [4.78, 5) is 25.1. The zero-order chi connectivity index (χ0) is 13.9. The maximum atomic E-state index is 12.1. The lowest BCUT2D eigenvalue weighted by molar-refractivity contribution is -0.149. The van der Waals surface area contributed by atoms with Gasteiger partial charge in [0.05, 0.1) is 6.54 Å². The Bertz CT molecular complexity index is 347. The molecule has 19 heavy (non-hydrogen) atoms. The van der Waals surface area contributed by atoms with Crippen molar-refractivity contribution in [3.8, 4) is 0 Å². The molecule has 2 rings (SSSR count). The molecule has 0 atom stereocenters. The van der Waals surface area contributed by atoms with Crippen LogP contribution in [0.3, 0.4) is 0 Å². The fraction of sp³-hybridized carbons (Fsp3) is 0.857. The average Bonchev–Trinajstić information content (AvgIpc) is 2.37. The zero-order valence-corrected chi connectivity index (χ0v) is 11.7. The minimum absolute atomic E-state index is 0.0134. The van der Waals surface area contributed by atoms with E-state index in [4.69, 9.17) is 0 Å². The van der Waals surface area contributed by atoms with Gasteiger partial charge in [-0.2, -0.15) is 0 Å². The number of carboxylic acids is 1. The van der Waals surface area contributed by atoms with Gasteiger partial charge in [-0.3, -0.25) is 14.9 Å². The number of aliphatic carboxylic acids is 1. The summed E-state index contributed by atoms with van der Waals surface area (Å²) in [6.45, 7) is 0.138. The lowest BCUT2D eigenvalue weighted by Crippen LogP contribution is -2.59. The number of nitrogens with one attached hydrogen (secondary N) is 1. The van der Waals surface area contributed by atoms with E-state index in [0.717, 1.165) is 19.3 Å². The predicted octanol–water partition coefficient (Wildman–Crippen LogP) is 1.37. The normalized spacial score (nSPS) is 22.6. The van der Waals surface area contributed by atoms with Gasteiger partial charge < -0.3 is 10.0 Å². The number of carbonyl (C=O) groups is 2. The number of amides is 1. The molecule has 0 aromatic heterocycles. The fourth-order valence-corrected chi connectivity index (χ4v) is 3.04. The summed E-state index contributed by atoms with van der Waals surface area (Å²) < 4.78 is 0. The van der Waals surface area contributed by atoms with Crippen molar-refractivity contribution in [2.45, 2.75) is 62.9 Å². The highest BCUT2D eigenvalue weighted by Crippen LogP contribution is 2.32. The summed E-state index contributed by atoms with van der Waals surface area (Å²) >= 11 is 0. The Morgan fingerprint density at radius 3 is 2.32 bits per heavy atom. The lowest BCUT2D eigenvalue weighted by atomic mass is 9.77. The molecule has 0 saturated heterocycles. The minimum atomic E-state index is -0.844. The zero-order valence-electron chi connectivity index (χ0n) is 11.7. The van der Waals surface area contributed by atoms with Crippen molar-refractivity contribution in [3.63, 3.8) is 0 Å². The Morgan fingerprint density at radius 2 is 1.84 bits per heavy atom. The first kappa shape index (κ1) is 14.3. The third-order valence-corrected chi connectivity index (χ3v) is 4.71. The molecule has 108 valence electrons. The first-order valence-electron chi connectivity index (χ1n) is 7.29. The van der Waals surface area contributed by atoms with Crippen LogP contribution in [0.15, 0.2) is 0 Å². The molecule has 2 aliphatic carbocycles. The van der Waals surface area contributed by atoms with Gasteiger partial charge in [-0.15, -0.1) is 0 Å². The number of nitrogens with zero attached hydrogens (tertiary/aromatic N) is 1. The summed E-state index contributed by atoms with van der Waals surface area (Å²) in [5.74, 6) is -0.814. The predicted molar refractivity (Wildman–Crippen MR) is 71.9 cm³/mol. The largest absolute Gasteiger partial charge is 0.480 e. The number of rotatable bonds is 5. The molecule has 0 spiro atoms. The molecule has 1 amide bonds. The summed E-state index contributed by atoms with van der Waals surface area (Å²) in [7, 11) is 1.84. The fourth-order valence-electron chi connectivity index (χ4n) is 3.04. The van der Waals surface area contributed by atoms with Crippen LogP contribution in [0, 0.1) is 0 Å². The first-order chi connectivity index (χ1) is 9.05. The molecule has 0 bridgehead atoms. The maximum Gasteiger partial charge on any atom is 0.323 e. The van der Waals surface area contributed by atoms with Crippen molar-refractivity contribution in [3.05, 3.63) is 0 Å². The molecule has 2 N–H and O–H groups in total. The Labute approximate surface area is 114 Å². The van der Waals surface area contributed by atoms with Crippen LogP contribution in [0.2, 0.25) is 0 Å². The topological polar surface area (TPSA) is 69.6 Å². The number of hydrogen-bond acceptors (Lipinski definition) is 3. The molecule has 2 saturated carbocycles. The molecule has 0 radical (unpaired) electrons. The average molecular weight is 268 g/mol. The van der Waals surface area contributed by atoms with E-state index in [1.807, 2.05) is 7.05 Å². The molecule has 2 aliphatic rings.